The Morgan fingerprint density at radius 3 is 2.67 bits per heavy atom. The number of rotatable bonds is 5. The summed E-state index contributed by atoms with van der Waals surface area (Å²) in [5.74, 6) is -0.296. The summed E-state index contributed by atoms with van der Waals surface area (Å²) in [5.41, 5.74) is 0.123. The first-order valence-corrected chi connectivity index (χ1v) is 6.32. The van der Waals surface area contributed by atoms with Crippen molar-refractivity contribution in [2.45, 2.75) is 20.3 Å². The highest BCUT2D eigenvalue weighted by atomic mass is 35.5. The van der Waals surface area contributed by atoms with Crippen LogP contribution in [0, 0.1) is 5.41 Å². The lowest BCUT2D eigenvalue weighted by Gasteiger charge is -2.23. The molecule has 0 spiro atoms. The van der Waals surface area contributed by atoms with E-state index in [0.29, 0.717) is 18.5 Å². The molecule has 100 valence electrons. The molecule has 0 saturated heterocycles. The van der Waals surface area contributed by atoms with E-state index in [1.54, 1.807) is 0 Å². The van der Waals surface area contributed by atoms with Gasteiger partial charge < -0.3 is 10.4 Å². The fourth-order valence-electron chi connectivity index (χ4n) is 1.39. The van der Waals surface area contributed by atoms with Crippen molar-refractivity contribution in [2.75, 3.05) is 13.2 Å². The summed E-state index contributed by atoms with van der Waals surface area (Å²) in [5, 5.41) is 12.0. The SMILES string of the molecule is CC(C)(CCO)CNC(=O)c1ccc(Cl)nc1Cl. The molecule has 0 aliphatic rings. The summed E-state index contributed by atoms with van der Waals surface area (Å²) < 4.78 is 0. The smallest absolute Gasteiger partial charge is 0.254 e. The van der Waals surface area contributed by atoms with Gasteiger partial charge in [-0.3, -0.25) is 4.79 Å². The summed E-state index contributed by atoms with van der Waals surface area (Å²) in [4.78, 5) is 15.7. The molecule has 2 N–H and O–H groups in total. The van der Waals surface area contributed by atoms with E-state index in [4.69, 9.17) is 28.3 Å². The molecule has 0 saturated carbocycles. The van der Waals surface area contributed by atoms with E-state index < -0.39 is 0 Å². The fraction of sp³-hybridized carbons (Fsp3) is 0.500. The zero-order valence-electron chi connectivity index (χ0n) is 10.3. The van der Waals surface area contributed by atoms with Crippen LogP contribution in [0.25, 0.3) is 0 Å². The standard InChI is InChI=1S/C12H16Cl2N2O2/c1-12(2,5-6-17)7-15-11(18)8-3-4-9(13)16-10(8)14/h3-4,17H,5-7H2,1-2H3,(H,15,18). The maximum atomic E-state index is 11.9. The van der Waals surface area contributed by atoms with Crippen LogP contribution in [0.4, 0.5) is 0 Å². The van der Waals surface area contributed by atoms with Gasteiger partial charge in [0.25, 0.3) is 5.91 Å². The van der Waals surface area contributed by atoms with Gasteiger partial charge in [0, 0.05) is 13.2 Å². The maximum Gasteiger partial charge on any atom is 0.254 e. The number of amides is 1. The zero-order chi connectivity index (χ0) is 13.8. The van der Waals surface area contributed by atoms with Gasteiger partial charge in [0.1, 0.15) is 10.3 Å². The highest BCUT2D eigenvalue weighted by Gasteiger charge is 2.19. The van der Waals surface area contributed by atoms with E-state index in [1.807, 2.05) is 13.8 Å². The number of carbonyl (C=O) groups excluding carboxylic acids is 1. The average Bonchev–Trinajstić information content (AvgIpc) is 2.26. The number of hydrogen-bond donors (Lipinski definition) is 2. The third-order valence-corrected chi connectivity index (χ3v) is 3.07. The minimum atomic E-state index is -0.296. The Morgan fingerprint density at radius 2 is 2.11 bits per heavy atom. The summed E-state index contributed by atoms with van der Waals surface area (Å²) in [6.45, 7) is 4.47. The quantitative estimate of drug-likeness (QED) is 0.819. The Bertz CT molecular complexity index is 436. The van der Waals surface area contributed by atoms with Gasteiger partial charge in [-0.15, -0.1) is 0 Å². The second-order valence-electron chi connectivity index (χ2n) is 4.79. The van der Waals surface area contributed by atoms with Gasteiger partial charge in [0.15, 0.2) is 0 Å². The van der Waals surface area contributed by atoms with Crippen LogP contribution in [0.1, 0.15) is 30.6 Å². The van der Waals surface area contributed by atoms with Gasteiger partial charge in [0.05, 0.1) is 5.56 Å². The topological polar surface area (TPSA) is 62.2 Å². The van der Waals surface area contributed by atoms with E-state index in [9.17, 15) is 4.79 Å². The molecule has 1 heterocycles. The van der Waals surface area contributed by atoms with Crippen LogP contribution in [0.3, 0.4) is 0 Å². The number of nitrogens with zero attached hydrogens (tertiary/aromatic N) is 1. The normalized spacial score (nSPS) is 11.4. The molecule has 0 radical (unpaired) electrons. The molecule has 0 bridgehead atoms. The number of aliphatic hydroxyl groups excluding tert-OH is 1. The van der Waals surface area contributed by atoms with E-state index in [1.165, 1.54) is 12.1 Å². The first-order chi connectivity index (χ1) is 8.35. The predicted molar refractivity (Wildman–Crippen MR) is 72.1 cm³/mol. The van der Waals surface area contributed by atoms with Gasteiger partial charge in [-0.05, 0) is 24.0 Å². The first kappa shape index (κ1) is 15.2. The Kier molecular flexibility index (Phi) is 5.38. The zero-order valence-corrected chi connectivity index (χ0v) is 11.8. The van der Waals surface area contributed by atoms with Crippen molar-refractivity contribution >= 4 is 29.1 Å². The minimum absolute atomic E-state index is 0.0833. The third-order valence-electron chi connectivity index (χ3n) is 2.58. The predicted octanol–water partition coefficient (Wildman–Crippen LogP) is 2.53. The van der Waals surface area contributed by atoms with E-state index in [0.717, 1.165) is 0 Å². The molecule has 1 aromatic rings. The van der Waals surface area contributed by atoms with Crippen molar-refractivity contribution < 1.29 is 9.90 Å². The third kappa shape index (κ3) is 4.44. The molecule has 0 aromatic carbocycles. The highest BCUT2D eigenvalue weighted by molar-refractivity contribution is 6.34. The van der Waals surface area contributed by atoms with Gasteiger partial charge >= 0.3 is 0 Å². The van der Waals surface area contributed by atoms with Crippen LogP contribution >= 0.6 is 23.2 Å². The molecule has 0 atom stereocenters. The molecule has 18 heavy (non-hydrogen) atoms. The lowest BCUT2D eigenvalue weighted by Crippen LogP contribution is -2.34. The lowest BCUT2D eigenvalue weighted by molar-refractivity contribution is 0.0928. The minimum Gasteiger partial charge on any atom is -0.396 e. The van der Waals surface area contributed by atoms with Gasteiger partial charge in [0.2, 0.25) is 0 Å². The number of carbonyl (C=O) groups is 1. The number of halogens is 2. The second-order valence-corrected chi connectivity index (χ2v) is 5.54. The van der Waals surface area contributed by atoms with Crippen LogP contribution in [0.5, 0.6) is 0 Å². The summed E-state index contributed by atoms with van der Waals surface area (Å²) >= 11 is 11.5. The van der Waals surface area contributed by atoms with Gasteiger partial charge in [-0.25, -0.2) is 4.98 Å². The molecule has 6 heteroatoms. The molecule has 4 nitrogen and oxygen atoms in total. The van der Waals surface area contributed by atoms with Crippen LogP contribution < -0.4 is 5.32 Å². The second kappa shape index (κ2) is 6.36. The Morgan fingerprint density at radius 1 is 1.44 bits per heavy atom. The molecule has 1 rings (SSSR count). The molecule has 0 aliphatic heterocycles. The number of hydrogen-bond acceptors (Lipinski definition) is 3. The monoisotopic (exact) mass is 290 g/mol. The highest BCUT2D eigenvalue weighted by Crippen LogP contribution is 2.20. The van der Waals surface area contributed by atoms with E-state index in [2.05, 4.69) is 10.3 Å². The summed E-state index contributed by atoms with van der Waals surface area (Å²) in [6, 6.07) is 3.05. The molecular weight excluding hydrogens is 275 g/mol. The Hall–Kier alpha value is -0.840. The van der Waals surface area contributed by atoms with Crippen molar-refractivity contribution in [2.24, 2.45) is 5.41 Å². The number of aliphatic hydroxyl groups is 1. The van der Waals surface area contributed by atoms with Crippen LogP contribution in [0.15, 0.2) is 12.1 Å². The molecule has 1 aromatic heterocycles. The van der Waals surface area contributed by atoms with Crippen molar-refractivity contribution in [1.82, 2.24) is 10.3 Å². The van der Waals surface area contributed by atoms with Crippen LogP contribution in [0.2, 0.25) is 10.3 Å². The van der Waals surface area contributed by atoms with Crippen molar-refractivity contribution in [3.8, 4) is 0 Å². The largest absolute Gasteiger partial charge is 0.396 e. The summed E-state index contributed by atoms with van der Waals surface area (Å²) in [7, 11) is 0. The first-order valence-electron chi connectivity index (χ1n) is 5.57. The van der Waals surface area contributed by atoms with Crippen molar-refractivity contribution in [3.05, 3.63) is 28.0 Å². The molecule has 0 aliphatic carbocycles. The van der Waals surface area contributed by atoms with Gasteiger partial charge in [-0.2, -0.15) is 0 Å². The lowest BCUT2D eigenvalue weighted by atomic mass is 9.90. The fourth-order valence-corrected chi connectivity index (χ4v) is 1.82. The van der Waals surface area contributed by atoms with E-state index in [-0.39, 0.29) is 28.2 Å². The Labute approximate surface area is 116 Å². The van der Waals surface area contributed by atoms with Crippen LogP contribution in [-0.4, -0.2) is 29.1 Å². The van der Waals surface area contributed by atoms with E-state index >= 15 is 0 Å². The van der Waals surface area contributed by atoms with Crippen molar-refractivity contribution in [3.63, 3.8) is 0 Å². The number of pyridine rings is 1. The Balaban J connectivity index is 2.66. The van der Waals surface area contributed by atoms with Crippen LogP contribution in [-0.2, 0) is 0 Å². The molecule has 1 amide bonds. The van der Waals surface area contributed by atoms with Crippen molar-refractivity contribution in [1.29, 1.82) is 0 Å². The molecule has 0 fully saturated rings. The molecule has 0 unspecified atom stereocenters. The molecular formula is C12H16Cl2N2O2. The number of nitrogens with one attached hydrogen (secondary N) is 1. The summed E-state index contributed by atoms with van der Waals surface area (Å²) in [6.07, 6.45) is 0.611. The number of aromatic nitrogens is 1. The maximum absolute atomic E-state index is 11.9. The average molecular weight is 291 g/mol. The van der Waals surface area contributed by atoms with Gasteiger partial charge in [-0.1, -0.05) is 37.0 Å².